The summed E-state index contributed by atoms with van der Waals surface area (Å²) in [7, 11) is 1.48. The topological polar surface area (TPSA) is 107 Å². The quantitative estimate of drug-likeness (QED) is 0.256. The minimum absolute atomic E-state index is 0.0682. The van der Waals surface area contributed by atoms with Crippen molar-refractivity contribution in [1.29, 1.82) is 0 Å². The number of hydrogen-bond donors (Lipinski definition) is 1. The van der Waals surface area contributed by atoms with Crippen LogP contribution in [0.15, 0.2) is 84.2 Å². The SMILES string of the molecule is COc1cn(C(Cc2ccccc2)C(=O)Cc2cnc3nc[nH]c3c2)c(=O)cc1-c1cc(Cl)ccc1C(C)=O. The highest BCUT2D eigenvalue weighted by Crippen LogP contribution is 2.34. The van der Waals surface area contributed by atoms with Crippen LogP contribution in [0.3, 0.4) is 0 Å². The number of ketones is 2. The van der Waals surface area contributed by atoms with Crippen molar-refractivity contribution in [1.82, 2.24) is 19.5 Å². The Kier molecular flexibility index (Phi) is 7.38. The van der Waals surface area contributed by atoms with Gasteiger partial charge in [0, 0.05) is 41.3 Å². The molecule has 1 N–H and O–H groups in total. The third-order valence-corrected chi connectivity index (χ3v) is 6.84. The van der Waals surface area contributed by atoms with E-state index in [-0.39, 0.29) is 18.0 Å². The van der Waals surface area contributed by atoms with Crippen LogP contribution in [-0.2, 0) is 17.6 Å². The minimum Gasteiger partial charge on any atom is -0.495 e. The van der Waals surface area contributed by atoms with Gasteiger partial charge in [-0.25, -0.2) is 9.97 Å². The number of hydrogen-bond acceptors (Lipinski definition) is 6. The number of methoxy groups -OCH3 is 1. The molecule has 5 aromatic rings. The van der Waals surface area contributed by atoms with Gasteiger partial charge in [0.25, 0.3) is 5.56 Å². The molecule has 0 saturated carbocycles. The summed E-state index contributed by atoms with van der Waals surface area (Å²) in [6.45, 7) is 1.45. The van der Waals surface area contributed by atoms with Crippen LogP contribution >= 0.6 is 11.6 Å². The first kappa shape index (κ1) is 26.1. The number of carbonyl (C=O) groups is 2. The molecule has 8 nitrogen and oxygen atoms in total. The van der Waals surface area contributed by atoms with Gasteiger partial charge >= 0.3 is 0 Å². The molecule has 1 unspecified atom stereocenters. The first-order valence-corrected chi connectivity index (χ1v) is 12.7. The van der Waals surface area contributed by atoms with E-state index < -0.39 is 11.6 Å². The third kappa shape index (κ3) is 5.51. The van der Waals surface area contributed by atoms with Crippen molar-refractivity contribution < 1.29 is 14.3 Å². The minimum atomic E-state index is -0.813. The van der Waals surface area contributed by atoms with Gasteiger partial charge < -0.3 is 14.3 Å². The fourth-order valence-electron chi connectivity index (χ4n) is 4.68. The van der Waals surface area contributed by atoms with E-state index in [0.29, 0.717) is 45.1 Å². The molecule has 0 amide bonds. The van der Waals surface area contributed by atoms with E-state index in [0.717, 1.165) is 11.1 Å². The monoisotopic (exact) mass is 540 g/mol. The van der Waals surface area contributed by atoms with E-state index in [9.17, 15) is 14.4 Å². The molecule has 0 spiro atoms. The van der Waals surface area contributed by atoms with Gasteiger partial charge in [-0.2, -0.15) is 0 Å². The molecule has 39 heavy (non-hydrogen) atoms. The fourth-order valence-corrected chi connectivity index (χ4v) is 4.86. The maximum atomic E-state index is 13.8. The zero-order valence-corrected chi connectivity index (χ0v) is 22.1. The molecular formula is C30H25ClN4O4. The first-order chi connectivity index (χ1) is 18.8. The molecule has 0 fully saturated rings. The van der Waals surface area contributed by atoms with Gasteiger partial charge in [0.2, 0.25) is 0 Å². The zero-order valence-electron chi connectivity index (χ0n) is 21.3. The van der Waals surface area contributed by atoms with Crippen LogP contribution in [-0.4, -0.2) is 38.2 Å². The molecule has 2 aromatic carbocycles. The standard InChI is InChI=1S/C30H25ClN4O4/c1-18(36)22-9-8-21(31)13-23(22)24-14-29(38)35(16-28(24)39-2)26(11-19-6-4-3-5-7-19)27(37)12-20-10-25-30(32-15-20)34-17-33-25/h3-10,13-17,26H,11-12H2,1-2H3,(H,32,33,34). The van der Waals surface area contributed by atoms with Crippen molar-refractivity contribution in [3.8, 4) is 16.9 Å². The van der Waals surface area contributed by atoms with E-state index in [1.807, 2.05) is 36.4 Å². The number of aromatic amines is 1. The van der Waals surface area contributed by atoms with Gasteiger partial charge in [0.1, 0.15) is 5.75 Å². The number of pyridine rings is 2. The molecule has 3 aromatic heterocycles. The molecule has 0 aliphatic heterocycles. The van der Waals surface area contributed by atoms with Gasteiger partial charge in [0.15, 0.2) is 17.2 Å². The third-order valence-electron chi connectivity index (χ3n) is 6.60. The van der Waals surface area contributed by atoms with Crippen LogP contribution in [0.5, 0.6) is 5.75 Å². The number of rotatable bonds is 9. The maximum absolute atomic E-state index is 13.8. The molecule has 0 aliphatic carbocycles. The number of benzene rings is 2. The summed E-state index contributed by atoms with van der Waals surface area (Å²) in [5, 5.41) is 0.418. The van der Waals surface area contributed by atoms with Crippen LogP contribution in [0.2, 0.25) is 5.02 Å². The smallest absolute Gasteiger partial charge is 0.252 e. The van der Waals surface area contributed by atoms with Gasteiger partial charge in [0.05, 0.1) is 31.2 Å². The lowest BCUT2D eigenvalue weighted by Gasteiger charge is -2.21. The average molecular weight is 541 g/mol. The number of carbonyl (C=O) groups excluding carboxylic acids is 2. The Hall–Kier alpha value is -4.56. The summed E-state index contributed by atoms with van der Waals surface area (Å²) >= 11 is 6.24. The number of halogens is 1. The molecule has 9 heteroatoms. The Balaban J connectivity index is 1.59. The predicted octanol–water partition coefficient (Wildman–Crippen LogP) is 5.25. The summed E-state index contributed by atoms with van der Waals surface area (Å²) in [6.07, 6.45) is 5.07. The number of fused-ring (bicyclic) bond motifs is 1. The second-order valence-corrected chi connectivity index (χ2v) is 9.65. The van der Waals surface area contributed by atoms with Crippen LogP contribution < -0.4 is 10.3 Å². The van der Waals surface area contributed by atoms with Gasteiger partial charge in [-0.1, -0.05) is 41.9 Å². The van der Waals surface area contributed by atoms with Crippen LogP contribution in [0.4, 0.5) is 0 Å². The highest BCUT2D eigenvalue weighted by molar-refractivity contribution is 6.31. The fraction of sp³-hybridized carbons (Fsp3) is 0.167. The maximum Gasteiger partial charge on any atom is 0.252 e. The largest absolute Gasteiger partial charge is 0.495 e. The molecule has 0 bridgehead atoms. The lowest BCUT2D eigenvalue weighted by atomic mass is 9.96. The van der Waals surface area contributed by atoms with Gasteiger partial charge in [-0.15, -0.1) is 0 Å². The molecule has 196 valence electrons. The number of nitrogens with one attached hydrogen (secondary N) is 1. The Bertz CT molecular complexity index is 1740. The Morgan fingerprint density at radius 2 is 1.82 bits per heavy atom. The highest BCUT2D eigenvalue weighted by atomic mass is 35.5. The summed E-state index contributed by atoms with van der Waals surface area (Å²) in [6, 6.07) is 16.8. The second kappa shape index (κ2) is 11.0. The summed E-state index contributed by atoms with van der Waals surface area (Å²) in [5.74, 6) is 0.00209. The van der Waals surface area contributed by atoms with Crippen molar-refractivity contribution in [3.05, 3.63) is 111 Å². The zero-order chi connectivity index (χ0) is 27.5. The highest BCUT2D eigenvalue weighted by Gasteiger charge is 2.25. The van der Waals surface area contributed by atoms with E-state index in [2.05, 4.69) is 15.0 Å². The summed E-state index contributed by atoms with van der Waals surface area (Å²) in [4.78, 5) is 51.1. The molecule has 0 radical (unpaired) electrons. The Morgan fingerprint density at radius 1 is 1.03 bits per heavy atom. The number of imidazole rings is 1. The second-order valence-electron chi connectivity index (χ2n) is 9.21. The normalized spacial score (nSPS) is 11.9. The van der Waals surface area contributed by atoms with Crippen LogP contribution in [0, 0.1) is 0 Å². The lowest BCUT2D eigenvalue weighted by Crippen LogP contribution is -2.32. The molecule has 5 rings (SSSR count). The van der Waals surface area contributed by atoms with Crippen molar-refractivity contribution in [2.24, 2.45) is 0 Å². The van der Waals surface area contributed by atoms with Crippen LogP contribution in [0.1, 0.15) is 34.5 Å². The molecular weight excluding hydrogens is 516 g/mol. The predicted molar refractivity (Wildman–Crippen MR) is 149 cm³/mol. The molecule has 0 aliphatic rings. The first-order valence-electron chi connectivity index (χ1n) is 12.3. The van der Waals surface area contributed by atoms with Gasteiger partial charge in [-0.05, 0) is 47.9 Å². The number of aromatic nitrogens is 4. The number of nitrogens with zero attached hydrogens (tertiary/aromatic N) is 3. The molecule has 3 heterocycles. The number of H-pyrrole nitrogens is 1. The average Bonchev–Trinajstić information content (AvgIpc) is 3.40. The van der Waals surface area contributed by atoms with Crippen molar-refractivity contribution in [2.75, 3.05) is 7.11 Å². The number of ether oxygens (including phenoxy) is 1. The van der Waals surface area contributed by atoms with E-state index in [1.54, 1.807) is 30.7 Å². The van der Waals surface area contributed by atoms with Crippen molar-refractivity contribution in [2.45, 2.75) is 25.8 Å². The molecule has 1 atom stereocenters. The lowest BCUT2D eigenvalue weighted by molar-refractivity contribution is -0.121. The Morgan fingerprint density at radius 3 is 2.56 bits per heavy atom. The van der Waals surface area contributed by atoms with E-state index in [4.69, 9.17) is 16.3 Å². The van der Waals surface area contributed by atoms with Crippen LogP contribution in [0.25, 0.3) is 22.3 Å². The van der Waals surface area contributed by atoms with Crippen molar-refractivity contribution >= 4 is 34.3 Å². The molecule has 0 saturated heterocycles. The van der Waals surface area contributed by atoms with Gasteiger partial charge in [-0.3, -0.25) is 14.4 Å². The van der Waals surface area contributed by atoms with Crippen molar-refractivity contribution in [3.63, 3.8) is 0 Å². The van der Waals surface area contributed by atoms with E-state index in [1.165, 1.54) is 30.9 Å². The number of Topliss-reactive ketones (excluding diaryl/α,β-unsaturated/α-hetero) is 2. The van der Waals surface area contributed by atoms with E-state index >= 15 is 0 Å². The summed E-state index contributed by atoms with van der Waals surface area (Å²) in [5.41, 5.74) is 3.82. The summed E-state index contributed by atoms with van der Waals surface area (Å²) < 4.78 is 7.06. The Labute approximate surface area is 229 Å².